The lowest BCUT2D eigenvalue weighted by molar-refractivity contribution is -0.136. The Morgan fingerprint density at radius 2 is 1.58 bits per heavy atom. The SMILES string of the molecule is CCN(CC)C(=O)C1C(C)NN2CCC(C3CCN(S(=O)(=O)CC4CCCCC4)CC3)CC12. The first-order valence-corrected chi connectivity index (χ1v) is 15.2. The van der Waals surface area contributed by atoms with E-state index in [1.54, 1.807) is 4.31 Å². The molecule has 4 fully saturated rings. The Labute approximate surface area is 201 Å². The summed E-state index contributed by atoms with van der Waals surface area (Å²) in [5, 5.41) is 2.33. The van der Waals surface area contributed by atoms with Gasteiger partial charge in [-0.1, -0.05) is 19.3 Å². The van der Waals surface area contributed by atoms with Crippen LogP contribution in [0.3, 0.4) is 0 Å². The minimum Gasteiger partial charge on any atom is -0.343 e. The Morgan fingerprint density at radius 1 is 0.939 bits per heavy atom. The molecule has 4 rings (SSSR count). The number of hydrazine groups is 1. The van der Waals surface area contributed by atoms with Crippen LogP contribution in [0.2, 0.25) is 0 Å². The van der Waals surface area contributed by atoms with E-state index in [4.69, 9.17) is 0 Å². The predicted octanol–water partition coefficient (Wildman–Crippen LogP) is 3.08. The van der Waals surface area contributed by atoms with E-state index in [0.717, 1.165) is 58.2 Å². The van der Waals surface area contributed by atoms with Gasteiger partial charge in [-0.05, 0) is 77.0 Å². The van der Waals surface area contributed by atoms with Crippen LogP contribution in [0.25, 0.3) is 0 Å². The molecular formula is C25H46N4O3S. The number of carbonyl (C=O) groups is 1. The summed E-state index contributed by atoms with van der Waals surface area (Å²) in [5.41, 5.74) is 3.58. The molecule has 0 radical (unpaired) electrons. The monoisotopic (exact) mass is 482 g/mol. The van der Waals surface area contributed by atoms with Crippen LogP contribution < -0.4 is 5.43 Å². The van der Waals surface area contributed by atoms with Crippen LogP contribution in [0.4, 0.5) is 0 Å². The molecule has 3 aliphatic heterocycles. The minimum atomic E-state index is -3.13. The highest BCUT2D eigenvalue weighted by Crippen LogP contribution is 2.40. The average Bonchev–Trinajstić information content (AvgIpc) is 3.15. The van der Waals surface area contributed by atoms with Crippen molar-refractivity contribution in [1.29, 1.82) is 0 Å². The minimum absolute atomic E-state index is 0.0173. The number of hydrogen-bond acceptors (Lipinski definition) is 5. The number of hydrogen-bond donors (Lipinski definition) is 1. The molecule has 4 aliphatic rings. The second-order valence-electron chi connectivity index (χ2n) is 11.0. The molecule has 0 aromatic carbocycles. The lowest BCUT2D eigenvalue weighted by Gasteiger charge is -2.42. The molecule has 8 heteroatoms. The largest absolute Gasteiger partial charge is 0.343 e. The van der Waals surface area contributed by atoms with Gasteiger partial charge in [-0.15, -0.1) is 0 Å². The summed E-state index contributed by atoms with van der Waals surface area (Å²) in [6.07, 6.45) is 9.93. The fraction of sp³-hybridized carbons (Fsp3) is 0.960. The maximum absolute atomic E-state index is 13.3. The average molecular weight is 483 g/mol. The van der Waals surface area contributed by atoms with E-state index in [1.807, 2.05) is 4.90 Å². The van der Waals surface area contributed by atoms with E-state index in [0.29, 0.717) is 36.6 Å². The van der Waals surface area contributed by atoms with Crippen molar-refractivity contribution in [2.75, 3.05) is 38.5 Å². The van der Waals surface area contributed by atoms with E-state index < -0.39 is 10.0 Å². The highest BCUT2D eigenvalue weighted by molar-refractivity contribution is 7.89. The Morgan fingerprint density at radius 3 is 2.21 bits per heavy atom. The molecule has 0 aromatic heterocycles. The van der Waals surface area contributed by atoms with E-state index in [-0.39, 0.29) is 23.9 Å². The van der Waals surface area contributed by atoms with Crippen molar-refractivity contribution >= 4 is 15.9 Å². The second-order valence-corrected chi connectivity index (χ2v) is 13.0. The van der Waals surface area contributed by atoms with Gasteiger partial charge in [0.05, 0.1) is 11.7 Å². The summed E-state index contributed by atoms with van der Waals surface area (Å²) in [7, 11) is -3.13. The second kappa shape index (κ2) is 10.9. The summed E-state index contributed by atoms with van der Waals surface area (Å²) in [5.74, 6) is 2.20. The Bertz CT molecular complexity index is 758. The number of amides is 1. The summed E-state index contributed by atoms with van der Waals surface area (Å²) >= 11 is 0. The van der Waals surface area contributed by atoms with Crippen LogP contribution >= 0.6 is 0 Å². The topological polar surface area (TPSA) is 73.0 Å². The molecule has 1 aliphatic carbocycles. The number of sulfonamides is 1. The summed E-state index contributed by atoms with van der Waals surface area (Å²) in [6.45, 7) is 10.2. The number of carbonyl (C=O) groups excluding carboxylic acids is 1. The Hall–Kier alpha value is -0.700. The van der Waals surface area contributed by atoms with E-state index in [9.17, 15) is 13.2 Å². The van der Waals surface area contributed by atoms with Crippen molar-refractivity contribution in [2.45, 2.75) is 90.6 Å². The quantitative estimate of drug-likeness (QED) is 0.604. The highest BCUT2D eigenvalue weighted by Gasteiger charge is 2.48. The third-order valence-electron chi connectivity index (χ3n) is 9.10. The Kier molecular flexibility index (Phi) is 8.40. The lowest BCUT2D eigenvalue weighted by atomic mass is 9.74. The molecule has 0 bridgehead atoms. The molecule has 7 nitrogen and oxygen atoms in total. The van der Waals surface area contributed by atoms with Crippen LogP contribution in [-0.4, -0.2) is 79.1 Å². The van der Waals surface area contributed by atoms with Gasteiger partial charge in [0.1, 0.15) is 0 Å². The van der Waals surface area contributed by atoms with E-state index in [2.05, 4.69) is 31.2 Å². The van der Waals surface area contributed by atoms with Gasteiger partial charge in [-0.25, -0.2) is 17.7 Å². The van der Waals surface area contributed by atoms with Crippen LogP contribution in [-0.2, 0) is 14.8 Å². The van der Waals surface area contributed by atoms with Crippen molar-refractivity contribution in [2.24, 2.45) is 23.7 Å². The first kappa shape index (κ1) is 25.4. The fourth-order valence-corrected chi connectivity index (χ4v) is 9.04. The molecule has 1 saturated carbocycles. The van der Waals surface area contributed by atoms with Gasteiger partial charge >= 0.3 is 0 Å². The first-order valence-electron chi connectivity index (χ1n) is 13.6. The first-order chi connectivity index (χ1) is 15.8. The van der Waals surface area contributed by atoms with Gasteiger partial charge in [0.2, 0.25) is 15.9 Å². The third-order valence-corrected chi connectivity index (χ3v) is 11.1. The molecule has 3 heterocycles. The molecule has 0 aromatic rings. The van der Waals surface area contributed by atoms with Gasteiger partial charge in [-0.3, -0.25) is 10.2 Å². The zero-order valence-corrected chi connectivity index (χ0v) is 21.9. The van der Waals surface area contributed by atoms with Crippen molar-refractivity contribution in [3.63, 3.8) is 0 Å². The molecule has 190 valence electrons. The van der Waals surface area contributed by atoms with Gasteiger partial charge in [-0.2, -0.15) is 0 Å². The molecule has 33 heavy (non-hydrogen) atoms. The maximum Gasteiger partial charge on any atom is 0.228 e. The van der Waals surface area contributed by atoms with Crippen molar-refractivity contribution < 1.29 is 13.2 Å². The zero-order chi connectivity index (χ0) is 23.6. The highest BCUT2D eigenvalue weighted by atomic mass is 32.2. The molecule has 1 amide bonds. The van der Waals surface area contributed by atoms with Crippen LogP contribution in [0.1, 0.15) is 78.6 Å². The normalized spacial score (nSPS) is 33.2. The zero-order valence-electron chi connectivity index (χ0n) is 21.0. The molecule has 4 unspecified atom stereocenters. The summed E-state index contributed by atoms with van der Waals surface area (Å²) < 4.78 is 27.9. The van der Waals surface area contributed by atoms with E-state index in [1.165, 1.54) is 19.3 Å². The molecular weight excluding hydrogens is 436 g/mol. The molecule has 0 spiro atoms. The lowest BCUT2D eigenvalue weighted by Crippen LogP contribution is -2.50. The van der Waals surface area contributed by atoms with Crippen LogP contribution in [0.5, 0.6) is 0 Å². The standard InChI is InChI=1S/C25H46N4O3S/c1-4-27(5-2)25(30)24-19(3)26-29-16-13-22(17-23(24)29)21-11-14-28(15-12-21)33(31,32)18-20-9-7-6-8-10-20/h19-24,26H,4-18H2,1-3H3. The molecule has 3 saturated heterocycles. The summed E-state index contributed by atoms with van der Waals surface area (Å²) in [6, 6.07) is 0.438. The fourth-order valence-electron chi connectivity index (χ4n) is 7.14. The van der Waals surface area contributed by atoms with Crippen molar-refractivity contribution in [3.05, 3.63) is 0 Å². The molecule has 1 N–H and O–H groups in total. The maximum atomic E-state index is 13.3. The van der Waals surface area contributed by atoms with Crippen molar-refractivity contribution in [3.8, 4) is 0 Å². The smallest absolute Gasteiger partial charge is 0.228 e. The predicted molar refractivity (Wildman–Crippen MR) is 132 cm³/mol. The van der Waals surface area contributed by atoms with Crippen LogP contribution in [0.15, 0.2) is 0 Å². The number of nitrogens with zero attached hydrogens (tertiary/aromatic N) is 3. The summed E-state index contributed by atoms with van der Waals surface area (Å²) in [4.78, 5) is 15.2. The van der Waals surface area contributed by atoms with Crippen LogP contribution in [0, 0.1) is 23.7 Å². The number of rotatable bonds is 7. The third kappa shape index (κ3) is 5.60. The number of piperidine rings is 2. The van der Waals surface area contributed by atoms with Gasteiger partial charge in [0.25, 0.3) is 0 Å². The van der Waals surface area contributed by atoms with Crippen molar-refractivity contribution in [1.82, 2.24) is 19.6 Å². The molecule has 4 atom stereocenters. The Balaban J connectivity index is 1.33. The van der Waals surface area contributed by atoms with Gasteiger partial charge < -0.3 is 4.90 Å². The van der Waals surface area contributed by atoms with E-state index >= 15 is 0 Å². The number of fused-ring (bicyclic) bond motifs is 1. The number of nitrogens with one attached hydrogen (secondary N) is 1. The van der Waals surface area contributed by atoms with Gasteiger partial charge in [0, 0.05) is 44.8 Å². The van der Waals surface area contributed by atoms with Gasteiger partial charge in [0.15, 0.2) is 0 Å².